The molecule has 1 aromatic heterocycles. The molecule has 2 aromatic rings. The van der Waals surface area contributed by atoms with Gasteiger partial charge >= 0.3 is 0 Å². The zero-order chi connectivity index (χ0) is 17.9. The van der Waals surface area contributed by atoms with E-state index in [2.05, 4.69) is 46.3 Å². The van der Waals surface area contributed by atoms with Crippen LogP contribution in [0, 0.1) is 34.5 Å². The number of aromatic nitrogens is 1. The van der Waals surface area contributed by atoms with E-state index in [9.17, 15) is 10.5 Å². The van der Waals surface area contributed by atoms with Gasteiger partial charge in [0, 0.05) is 35.7 Å². The van der Waals surface area contributed by atoms with E-state index in [-0.39, 0.29) is 18.0 Å². The molecule has 2 saturated heterocycles. The van der Waals surface area contributed by atoms with Crippen molar-refractivity contribution < 1.29 is 4.74 Å². The number of aromatic amines is 1. The molecular formula is C21H22N4O. The fourth-order valence-corrected chi connectivity index (χ4v) is 5.65. The molecule has 0 saturated carbocycles. The summed E-state index contributed by atoms with van der Waals surface area (Å²) in [6.45, 7) is 3.34. The summed E-state index contributed by atoms with van der Waals surface area (Å²) in [5.41, 5.74) is 3.01. The van der Waals surface area contributed by atoms with E-state index in [0.717, 1.165) is 25.8 Å². The number of piperidine rings is 1. The molecule has 0 amide bonds. The number of hydrogen-bond acceptors (Lipinski definition) is 4. The number of nitrogens with zero attached hydrogens (tertiary/aromatic N) is 3. The number of hydrogen-bond donors (Lipinski definition) is 1. The Morgan fingerprint density at radius 3 is 2.96 bits per heavy atom. The number of ether oxygens (including phenoxy) is 1. The maximum Gasteiger partial charge on any atom is 0.157 e. The molecule has 0 spiro atoms. The van der Waals surface area contributed by atoms with Crippen LogP contribution in [0.15, 0.2) is 24.3 Å². The van der Waals surface area contributed by atoms with Gasteiger partial charge in [-0.15, -0.1) is 0 Å². The van der Waals surface area contributed by atoms with Gasteiger partial charge in [-0.2, -0.15) is 10.5 Å². The average Bonchev–Trinajstić information content (AvgIpc) is 3.06. The van der Waals surface area contributed by atoms with E-state index in [4.69, 9.17) is 4.74 Å². The highest BCUT2D eigenvalue weighted by atomic mass is 16.5. The van der Waals surface area contributed by atoms with Crippen LogP contribution in [-0.2, 0) is 11.2 Å². The van der Waals surface area contributed by atoms with Crippen molar-refractivity contribution in [1.29, 1.82) is 10.5 Å². The van der Waals surface area contributed by atoms with Crippen molar-refractivity contribution in [3.63, 3.8) is 0 Å². The number of para-hydroxylation sites is 1. The quantitative estimate of drug-likeness (QED) is 0.794. The fraction of sp³-hybridized carbons (Fsp3) is 0.524. The van der Waals surface area contributed by atoms with Crippen molar-refractivity contribution in [3.05, 3.63) is 35.5 Å². The Hall–Kier alpha value is -2.34. The number of benzene rings is 1. The molecule has 0 radical (unpaired) electrons. The van der Waals surface area contributed by atoms with Crippen molar-refractivity contribution in [1.82, 2.24) is 9.88 Å². The topological polar surface area (TPSA) is 75.8 Å². The number of nitriles is 2. The van der Waals surface area contributed by atoms with Crippen LogP contribution in [0.3, 0.4) is 0 Å². The monoisotopic (exact) mass is 346 g/mol. The van der Waals surface area contributed by atoms with Gasteiger partial charge in [0.25, 0.3) is 0 Å². The lowest BCUT2D eigenvalue weighted by Gasteiger charge is -2.54. The molecule has 3 aliphatic rings. The summed E-state index contributed by atoms with van der Waals surface area (Å²) in [5, 5.41) is 21.1. The van der Waals surface area contributed by atoms with Gasteiger partial charge in [-0.1, -0.05) is 18.2 Å². The summed E-state index contributed by atoms with van der Waals surface area (Å²) in [7, 11) is 0. The van der Waals surface area contributed by atoms with Crippen LogP contribution in [0.5, 0.6) is 0 Å². The van der Waals surface area contributed by atoms with E-state index in [1.54, 1.807) is 0 Å². The Labute approximate surface area is 153 Å². The number of H-pyrrole nitrogens is 1. The summed E-state index contributed by atoms with van der Waals surface area (Å²) < 4.78 is 5.87. The molecule has 3 aliphatic heterocycles. The fourth-order valence-electron chi connectivity index (χ4n) is 5.65. The minimum absolute atomic E-state index is 0.0478. The molecule has 5 nitrogen and oxygen atoms in total. The normalized spacial score (nSPS) is 36.4. The van der Waals surface area contributed by atoms with Gasteiger partial charge in [0.1, 0.15) is 6.04 Å². The minimum atomic E-state index is -0.866. The van der Waals surface area contributed by atoms with Gasteiger partial charge in [0.2, 0.25) is 0 Å². The maximum atomic E-state index is 10.0. The first-order valence-electron chi connectivity index (χ1n) is 9.46. The average molecular weight is 346 g/mol. The molecule has 4 heterocycles. The number of nitrogens with one attached hydrogen (secondary N) is 1. The molecule has 0 bridgehead atoms. The molecule has 0 aliphatic carbocycles. The minimum Gasteiger partial charge on any atom is -0.360 e. The van der Waals surface area contributed by atoms with Gasteiger partial charge in [-0.3, -0.25) is 4.90 Å². The van der Waals surface area contributed by atoms with E-state index < -0.39 is 5.60 Å². The van der Waals surface area contributed by atoms with E-state index in [0.29, 0.717) is 12.5 Å². The smallest absolute Gasteiger partial charge is 0.157 e. The first-order valence-corrected chi connectivity index (χ1v) is 9.46. The molecule has 1 N–H and O–H groups in total. The second kappa shape index (κ2) is 5.58. The second-order valence-corrected chi connectivity index (χ2v) is 8.02. The Bertz CT molecular complexity index is 951. The van der Waals surface area contributed by atoms with Crippen LogP contribution >= 0.6 is 0 Å². The molecule has 26 heavy (non-hydrogen) atoms. The molecule has 132 valence electrons. The highest BCUT2D eigenvalue weighted by Crippen LogP contribution is 2.51. The van der Waals surface area contributed by atoms with Crippen molar-refractivity contribution in [3.8, 4) is 12.1 Å². The Kier molecular flexibility index (Phi) is 3.41. The summed E-state index contributed by atoms with van der Waals surface area (Å²) in [6.07, 6.45) is 2.86. The molecule has 5 heteroatoms. The van der Waals surface area contributed by atoms with Gasteiger partial charge in [-0.05, 0) is 43.7 Å². The van der Waals surface area contributed by atoms with E-state index in [1.807, 2.05) is 6.92 Å². The molecule has 5 rings (SSSR count). The second-order valence-electron chi connectivity index (χ2n) is 8.02. The highest BCUT2D eigenvalue weighted by molar-refractivity contribution is 5.85. The molecule has 1 unspecified atom stereocenters. The van der Waals surface area contributed by atoms with Gasteiger partial charge in [-0.25, -0.2) is 0 Å². The lowest BCUT2D eigenvalue weighted by atomic mass is 9.65. The first kappa shape index (κ1) is 15.9. The Balaban J connectivity index is 1.61. The van der Waals surface area contributed by atoms with E-state index >= 15 is 0 Å². The van der Waals surface area contributed by atoms with Crippen LogP contribution in [0.1, 0.15) is 37.1 Å². The molecule has 5 atom stereocenters. The third-order valence-corrected chi connectivity index (χ3v) is 6.81. The summed E-state index contributed by atoms with van der Waals surface area (Å²) >= 11 is 0. The van der Waals surface area contributed by atoms with Crippen LogP contribution in [0.2, 0.25) is 0 Å². The predicted octanol–water partition coefficient (Wildman–Crippen LogP) is 3.30. The SMILES string of the molecule is CC1(C#N)OCC[C@H]2C[C@H]3c4[nH]c5ccccc5c4CCN3[C@H](C#N)[C@@H]21. The van der Waals surface area contributed by atoms with Crippen molar-refractivity contribution >= 4 is 10.9 Å². The van der Waals surface area contributed by atoms with Crippen LogP contribution in [0.4, 0.5) is 0 Å². The van der Waals surface area contributed by atoms with Crippen molar-refractivity contribution in [2.75, 3.05) is 13.2 Å². The number of fused-ring (bicyclic) bond motifs is 6. The Morgan fingerprint density at radius 1 is 1.31 bits per heavy atom. The summed E-state index contributed by atoms with van der Waals surface area (Å²) in [5.74, 6) is 0.296. The van der Waals surface area contributed by atoms with Gasteiger partial charge in [0.15, 0.2) is 5.60 Å². The summed E-state index contributed by atoms with van der Waals surface area (Å²) in [6, 6.07) is 13.3. The predicted molar refractivity (Wildman–Crippen MR) is 97.0 cm³/mol. The van der Waals surface area contributed by atoms with Gasteiger partial charge in [0.05, 0.1) is 18.2 Å². The Morgan fingerprint density at radius 2 is 2.15 bits per heavy atom. The zero-order valence-electron chi connectivity index (χ0n) is 14.9. The largest absolute Gasteiger partial charge is 0.360 e. The molecular weight excluding hydrogens is 324 g/mol. The molecule has 1 aromatic carbocycles. The van der Waals surface area contributed by atoms with Gasteiger partial charge < -0.3 is 9.72 Å². The standard InChI is InChI=1S/C21H22N4O/c1-21(12-23)19-13(7-9-26-21)10-17-20-15(6-8-25(17)18(19)11-22)14-4-2-3-5-16(14)24-20/h2-5,13,17-19,24H,6-10H2,1H3/t13-,17-,18+,19+,21?/m0/s1. The maximum absolute atomic E-state index is 10.0. The third kappa shape index (κ3) is 2.02. The highest BCUT2D eigenvalue weighted by Gasteiger charge is 2.55. The van der Waals surface area contributed by atoms with Crippen LogP contribution in [-0.4, -0.2) is 34.7 Å². The number of rotatable bonds is 0. The van der Waals surface area contributed by atoms with E-state index in [1.165, 1.54) is 22.2 Å². The zero-order valence-corrected chi connectivity index (χ0v) is 14.9. The lowest BCUT2D eigenvalue weighted by Crippen LogP contribution is -2.61. The molecule has 2 fully saturated rings. The summed E-state index contributed by atoms with van der Waals surface area (Å²) in [4.78, 5) is 5.97. The first-order chi connectivity index (χ1) is 12.7. The van der Waals surface area contributed by atoms with Crippen LogP contribution in [0.25, 0.3) is 10.9 Å². The van der Waals surface area contributed by atoms with Crippen molar-refractivity contribution in [2.24, 2.45) is 11.8 Å². The van der Waals surface area contributed by atoms with Crippen molar-refractivity contribution in [2.45, 2.75) is 43.9 Å². The third-order valence-electron chi connectivity index (χ3n) is 6.81. The lowest BCUT2D eigenvalue weighted by molar-refractivity contribution is -0.144. The van der Waals surface area contributed by atoms with Crippen LogP contribution < -0.4 is 0 Å².